The normalized spacial score (nSPS) is 19.4. The highest BCUT2D eigenvalue weighted by molar-refractivity contribution is 14.1. The number of allylic oxidation sites excluding steroid dienone is 1. The summed E-state index contributed by atoms with van der Waals surface area (Å²) in [5.41, 5.74) is 5.41. The maximum atomic E-state index is 13.1. The molecule has 2 aromatic rings. The van der Waals surface area contributed by atoms with Gasteiger partial charge in [-0.3, -0.25) is 14.5 Å². The van der Waals surface area contributed by atoms with Gasteiger partial charge >= 0.3 is 5.97 Å². The Kier molecular flexibility index (Phi) is 8.96. The minimum absolute atomic E-state index is 0.0973. The molecule has 0 radical (unpaired) electrons. The second-order valence-corrected chi connectivity index (χ2v) is 12.7. The molecule has 2 aliphatic rings. The molecular weight excluding hydrogens is 696 g/mol. The van der Waals surface area contributed by atoms with E-state index in [0.717, 1.165) is 19.8 Å². The molecule has 2 atom stereocenters. The van der Waals surface area contributed by atoms with Gasteiger partial charge in [-0.1, -0.05) is 58.8 Å². The number of carboxylic acid groups (broad SMARTS) is 1. The van der Waals surface area contributed by atoms with Gasteiger partial charge in [-0.2, -0.15) is 0 Å². The Labute approximate surface area is 246 Å². The number of anilines is 1. The maximum Gasteiger partial charge on any atom is 0.353 e. The van der Waals surface area contributed by atoms with Crippen LogP contribution in [0.25, 0.3) is 0 Å². The fourth-order valence-electron chi connectivity index (χ4n) is 3.28. The second-order valence-electron chi connectivity index (χ2n) is 7.34. The van der Waals surface area contributed by atoms with Crippen LogP contribution in [0.15, 0.2) is 62.6 Å². The predicted molar refractivity (Wildman–Crippen MR) is 153 cm³/mol. The van der Waals surface area contributed by atoms with Crippen molar-refractivity contribution in [2.45, 2.75) is 21.1 Å². The van der Waals surface area contributed by atoms with Gasteiger partial charge in [-0.05, 0) is 34.7 Å². The third-order valence-electron chi connectivity index (χ3n) is 4.97. The summed E-state index contributed by atoms with van der Waals surface area (Å²) in [4.78, 5) is 48.9. The molecule has 3 heterocycles. The molecule has 0 spiro atoms. The average Bonchev–Trinajstić information content (AvgIpc) is 3.29. The van der Waals surface area contributed by atoms with Crippen LogP contribution in [0.4, 0.5) is 5.13 Å². The number of halogens is 3. The summed E-state index contributed by atoms with van der Waals surface area (Å²) >= 11 is 17.3. The van der Waals surface area contributed by atoms with Crippen molar-refractivity contribution in [1.82, 2.24) is 15.2 Å². The van der Waals surface area contributed by atoms with Gasteiger partial charge in [0.25, 0.3) is 11.8 Å². The summed E-state index contributed by atoms with van der Waals surface area (Å²) in [6, 6.07) is 6.55. The van der Waals surface area contributed by atoms with Crippen molar-refractivity contribution < 1.29 is 24.3 Å². The number of β-lactam (4-membered cyclic amide) rings is 1. The van der Waals surface area contributed by atoms with E-state index >= 15 is 0 Å². The number of oxime groups is 1. The summed E-state index contributed by atoms with van der Waals surface area (Å²) in [5.74, 6) is -2.34. The van der Waals surface area contributed by atoms with Gasteiger partial charge in [-0.25, -0.2) is 9.78 Å². The van der Waals surface area contributed by atoms with E-state index in [-0.39, 0.29) is 28.0 Å². The van der Waals surface area contributed by atoms with Crippen LogP contribution in [0.1, 0.15) is 5.69 Å². The number of amides is 2. The van der Waals surface area contributed by atoms with Gasteiger partial charge in [-0.15, -0.1) is 23.1 Å². The lowest BCUT2D eigenvalue weighted by atomic mass is 10.0. The molecule has 1 fully saturated rings. The van der Waals surface area contributed by atoms with Crippen LogP contribution in [0, 0.1) is 3.57 Å². The molecule has 10 nitrogen and oxygen atoms in total. The molecular formula is C21H16Cl2IN5O5S3. The van der Waals surface area contributed by atoms with Gasteiger partial charge in [0.05, 0.1) is 0 Å². The number of aliphatic carboxylic acids is 1. The number of aromatic nitrogens is 1. The lowest BCUT2D eigenvalue weighted by molar-refractivity contribution is -0.150. The molecule has 16 heteroatoms. The molecule has 0 aliphatic carbocycles. The quantitative estimate of drug-likeness (QED) is 0.0882. The first kappa shape index (κ1) is 28.0. The van der Waals surface area contributed by atoms with E-state index in [4.69, 9.17) is 33.8 Å². The Morgan fingerprint density at radius 2 is 2.14 bits per heavy atom. The average molecular weight is 712 g/mol. The molecule has 4 N–H and O–H groups in total. The fourth-order valence-corrected chi connectivity index (χ4v) is 7.12. The number of thiazole rings is 1. The Balaban J connectivity index is 1.55. The highest BCUT2D eigenvalue weighted by Gasteiger charge is 2.54. The van der Waals surface area contributed by atoms with Crippen molar-refractivity contribution in [3.05, 3.63) is 61.8 Å². The first-order valence-corrected chi connectivity index (χ1v) is 14.9. The monoisotopic (exact) mass is 711 g/mol. The predicted octanol–water partition coefficient (Wildman–Crippen LogP) is 3.86. The van der Waals surface area contributed by atoms with Gasteiger partial charge < -0.3 is 21.0 Å². The zero-order valence-electron chi connectivity index (χ0n) is 18.4. The van der Waals surface area contributed by atoms with Crippen LogP contribution in [0.3, 0.4) is 0 Å². The van der Waals surface area contributed by atoms with Crippen molar-refractivity contribution in [2.75, 3.05) is 11.5 Å². The number of nitrogens with two attached hydrogens (primary N) is 1. The Morgan fingerprint density at radius 1 is 1.41 bits per heavy atom. The fraction of sp³-hybridized carbons (Fsp3) is 0.190. The molecule has 1 aromatic heterocycles. The number of rotatable bonds is 9. The standard InChI is InChI=1S/C21H16Cl2IN5O5S3/c1-8(16(22)23)34-28-13(10-6-36-21(25)26-10)17(30)27-14-18(31)29-15(20(32)33)12(7-35-19(14)29)37-11-5-3-2-4-9(11)24/h2-6,14,16,19H,1,7H2,(H2,25,26)(H,27,30)(H,32,33)/b28-13-/t14-,19-/m1/s1. The number of alkyl halides is 2. The van der Waals surface area contributed by atoms with E-state index in [1.54, 1.807) is 0 Å². The largest absolute Gasteiger partial charge is 0.477 e. The minimum Gasteiger partial charge on any atom is -0.477 e. The molecule has 1 aromatic carbocycles. The zero-order chi connectivity index (χ0) is 26.9. The summed E-state index contributed by atoms with van der Waals surface area (Å²) in [6.07, 6.45) is 0. The molecule has 0 unspecified atom stereocenters. The number of thioether (sulfide) groups is 2. The number of carbonyl (C=O) groups is 3. The van der Waals surface area contributed by atoms with Crippen LogP contribution in [0.5, 0.6) is 0 Å². The minimum atomic E-state index is -1.22. The van der Waals surface area contributed by atoms with Crippen LogP contribution in [0.2, 0.25) is 0 Å². The van der Waals surface area contributed by atoms with Crippen LogP contribution >= 0.6 is 80.7 Å². The van der Waals surface area contributed by atoms with Gasteiger partial charge in [0.2, 0.25) is 0 Å². The molecule has 194 valence electrons. The van der Waals surface area contributed by atoms with Crippen LogP contribution in [-0.2, 0) is 19.2 Å². The third-order valence-corrected chi connectivity index (χ3v) is 10.1. The highest BCUT2D eigenvalue weighted by Crippen LogP contribution is 2.45. The summed E-state index contributed by atoms with van der Waals surface area (Å²) in [6.45, 7) is 3.51. The number of hydrogen-bond acceptors (Lipinski definition) is 10. The van der Waals surface area contributed by atoms with Crippen LogP contribution < -0.4 is 11.1 Å². The number of benzene rings is 1. The first-order chi connectivity index (χ1) is 17.6. The van der Waals surface area contributed by atoms with Gasteiger partial charge in [0.1, 0.15) is 22.8 Å². The number of carboxylic acids is 1. The number of nitrogens with zero attached hydrogens (tertiary/aromatic N) is 3. The molecule has 1 saturated heterocycles. The van der Waals surface area contributed by atoms with E-state index in [1.165, 1.54) is 33.8 Å². The molecule has 2 amide bonds. The molecule has 2 aliphatic heterocycles. The van der Waals surface area contributed by atoms with Crippen molar-refractivity contribution in [2.24, 2.45) is 5.16 Å². The Morgan fingerprint density at radius 3 is 2.76 bits per heavy atom. The van der Waals surface area contributed by atoms with Crippen molar-refractivity contribution in [3.8, 4) is 0 Å². The highest BCUT2D eigenvalue weighted by atomic mass is 127. The van der Waals surface area contributed by atoms with E-state index in [2.05, 4.69) is 44.6 Å². The summed E-state index contributed by atoms with van der Waals surface area (Å²) < 4.78 is 0.962. The molecule has 0 saturated carbocycles. The van der Waals surface area contributed by atoms with Crippen molar-refractivity contribution in [3.63, 3.8) is 0 Å². The number of fused-ring (bicyclic) bond motifs is 1. The zero-order valence-corrected chi connectivity index (χ0v) is 24.5. The maximum absolute atomic E-state index is 13.1. The van der Waals surface area contributed by atoms with Crippen molar-refractivity contribution in [1.29, 1.82) is 0 Å². The topological polar surface area (TPSA) is 147 Å². The third kappa shape index (κ3) is 6.04. The lowest BCUT2D eigenvalue weighted by Gasteiger charge is -2.49. The van der Waals surface area contributed by atoms with E-state index in [0.29, 0.717) is 10.7 Å². The Hall–Kier alpha value is -1.98. The van der Waals surface area contributed by atoms with E-state index in [1.807, 2.05) is 24.3 Å². The number of nitrogens with one attached hydrogen (secondary N) is 1. The molecule has 37 heavy (non-hydrogen) atoms. The second kappa shape index (κ2) is 11.8. The lowest BCUT2D eigenvalue weighted by Crippen LogP contribution is -2.71. The van der Waals surface area contributed by atoms with Gasteiger partial charge in [0.15, 0.2) is 21.4 Å². The summed E-state index contributed by atoms with van der Waals surface area (Å²) in [7, 11) is 0. The molecule has 4 rings (SSSR count). The van der Waals surface area contributed by atoms with Gasteiger partial charge in [0, 0.05) is 24.5 Å². The smallest absolute Gasteiger partial charge is 0.353 e. The van der Waals surface area contributed by atoms with E-state index < -0.39 is 34.0 Å². The van der Waals surface area contributed by atoms with Crippen LogP contribution in [-0.4, -0.2) is 60.5 Å². The van der Waals surface area contributed by atoms with E-state index in [9.17, 15) is 19.5 Å². The number of nitrogen functional groups attached to an aromatic ring is 1. The number of carbonyl (C=O) groups excluding carboxylic acids is 2. The first-order valence-electron chi connectivity index (χ1n) is 10.2. The molecule has 0 bridgehead atoms. The van der Waals surface area contributed by atoms with Crippen molar-refractivity contribution >= 4 is 109 Å². The summed E-state index contributed by atoms with van der Waals surface area (Å²) in [5, 5.41) is 17.3. The number of hydrogen-bond donors (Lipinski definition) is 3. The Bertz CT molecular complexity index is 1350. The SMILES string of the molecule is C=C(O/N=C(\C(=O)N[C@@H]1C(=O)N2C(C(=O)O)=C(Sc3ccccc3I)CS[C@H]12)c1csc(N)n1)C(Cl)Cl.